The van der Waals surface area contributed by atoms with Crippen LogP contribution in [0.5, 0.6) is 0 Å². The van der Waals surface area contributed by atoms with Crippen LogP contribution < -0.4 is 0 Å². The van der Waals surface area contributed by atoms with Crippen molar-refractivity contribution < 1.29 is 4.18 Å². The second-order valence-electron chi connectivity index (χ2n) is 5.12. The van der Waals surface area contributed by atoms with Gasteiger partial charge in [0.1, 0.15) is 5.60 Å². The third-order valence-electron chi connectivity index (χ3n) is 2.82. The molecule has 20 heavy (non-hydrogen) atoms. The highest BCUT2D eigenvalue weighted by atomic mass is 79.9. The largest absolute Gasteiger partial charge is 0.299 e. The molecular weight excluding hydrogens is 332 g/mol. The molecule has 0 saturated heterocycles. The predicted molar refractivity (Wildman–Crippen MR) is 93.6 cm³/mol. The molecule has 0 unspecified atom stereocenters. The van der Waals surface area contributed by atoms with E-state index < -0.39 is 5.60 Å². The molecule has 0 aliphatic rings. The van der Waals surface area contributed by atoms with Gasteiger partial charge in [-0.25, -0.2) is 0 Å². The van der Waals surface area contributed by atoms with Gasteiger partial charge in [-0.3, -0.25) is 4.18 Å². The van der Waals surface area contributed by atoms with E-state index in [4.69, 9.17) is 4.18 Å². The van der Waals surface area contributed by atoms with Gasteiger partial charge in [-0.15, -0.1) is 13.2 Å². The summed E-state index contributed by atoms with van der Waals surface area (Å²) in [7, 11) is 0. The number of hydrogen-bond acceptors (Lipinski definition) is 2. The minimum atomic E-state index is -0.447. The summed E-state index contributed by atoms with van der Waals surface area (Å²) in [6.07, 6.45) is 1.50. The summed E-state index contributed by atoms with van der Waals surface area (Å²) in [6.45, 7) is 15.8. The maximum absolute atomic E-state index is 6.09. The van der Waals surface area contributed by atoms with Crippen LogP contribution in [0.25, 0.3) is 0 Å². The van der Waals surface area contributed by atoms with Crippen molar-refractivity contribution in [3.63, 3.8) is 0 Å². The van der Waals surface area contributed by atoms with E-state index in [1.54, 1.807) is 5.41 Å². The van der Waals surface area contributed by atoms with E-state index >= 15 is 0 Å². The van der Waals surface area contributed by atoms with Crippen LogP contribution in [0.3, 0.4) is 0 Å². The van der Waals surface area contributed by atoms with E-state index in [9.17, 15) is 0 Å². The molecule has 1 aromatic rings. The third-order valence-corrected chi connectivity index (χ3v) is 3.90. The van der Waals surface area contributed by atoms with Crippen molar-refractivity contribution in [2.24, 2.45) is 0 Å². The summed E-state index contributed by atoms with van der Waals surface area (Å²) in [5.41, 5.74) is 2.84. The molecule has 3 heteroatoms. The molecular formula is C17H21BrOS. The number of benzene rings is 1. The van der Waals surface area contributed by atoms with E-state index in [1.165, 1.54) is 12.0 Å². The summed E-state index contributed by atoms with van der Waals surface area (Å²) >= 11 is 4.74. The zero-order chi connectivity index (χ0) is 15.2. The van der Waals surface area contributed by atoms with E-state index in [1.807, 2.05) is 26.0 Å². The van der Waals surface area contributed by atoms with Crippen LogP contribution in [-0.2, 0) is 9.78 Å². The Hall–Kier alpha value is -0.770. The molecule has 0 spiro atoms. The first-order valence-corrected chi connectivity index (χ1v) is 7.99. The predicted octanol–water partition coefficient (Wildman–Crippen LogP) is 6.39. The minimum absolute atomic E-state index is 0.447. The van der Waals surface area contributed by atoms with Gasteiger partial charge in [0.05, 0.1) is 0 Å². The monoisotopic (exact) mass is 352 g/mol. The van der Waals surface area contributed by atoms with Crippen molar-refractivity contribution in [2.75, 3.05) is 0 Å². The second-order valence-corrected chi connectivity index (χ2v) is 6.72. The zero-order valence-electron chi connectivity index (χ0n) is 12.1. The van der Waals surface area contributed by atoms with Gasteiger partial charge in [0.25, 0.3) is 0 Å². The summed E-state index contributed by atoms with van der Waals surface area (Å²) in [5.74, 6) is 0. The molecule has 0 fully saturated rings. The number of hydrogen-bond donors (Lipinski definition) is 0. The average molecular weight is 353 g/mol. The maximum Gasteiger partial charge on any atom is 0.116 e. The Morgan fingerprint density at radius 2 is 1.70 bits per heavy atom. The lowest BCUT2D eigenvalue weighted by atomic mass is 9.83. The Morgan fingerprint density at radius 3 is 2.10 bits per heavy atom. The van der Waals surface area contributed by atoms with E-state index in [0.29, 0.717) is 0 Å². The van der Waals surface area contributed by atoms with E-state index in [2.05, 4.69) is 47.8 Å². The molecule has 0 aromatic heterocycles. The van der Waals surface area contributed by atoms with Gasteiger partial charge in [0, 0.05) is 29.4 Å². The van der Waals surface area contributed by atoms with Crippen molar-refractivity contribution >= 4 is 28.0 Å². The Labute approximate surface area is 135 Å². The topological polar surface area (TPSA) is 9.23 Å². The lowest BCUT2D eigenvalue weighted by Gasteiger charge is -2.34. The first-order chi connectivity index (χ1) is 9.39. The maximum atomic E-state index is 6.09. The molecule has 0 atom stereocenters. The van der Waals surface area contributed by atoms with Gasteiger partial charge >= 0.3 is 0 Å². The second kappa shape index (κ2) is 7.87. The fraction of sp³-hybridized carbons (Fsp3) is 0.294. The summed E-state index contributed by atoms with van der Waals surface area (Å²) in [6, 6.07) is 8.23. The van der Waals surface area contributed by atoms with Crippen LogP contribution in [0, 0.1) is 0 Å². The lowest BCUT2D eigenvalue weighted by Crippen LogP contribution is -2.28. The first-order valence-electron chi connectivity index (χ1n) is 6.40. The standard InChI is InChI=1S/C17H21BrOS/c1-6-20-19-17(11-13(2)3,12-14(4)5)15-7-9-16(18)10-8-15/h6-10H,1-2,4,11-12H2,3,5H3. The molecule has 0 saturated carbocycles. The van der Waals surface area contributed by atoms with Gasteiger partial charge in [-0.1, -0.05) is 45.8 Å². The molecule has 0 bridgehead atoms. The zero-order valence-corrected chi connectivity index (χ0v) is 14.5. The highest BCUT2D eigenvalue weighted by Gasteiger charge is 2.34. The van der Waals surface area contributed by atoms with Gasteiger partial charge < -0.3 is 0 Å². The van der Waals surface area contributed by atoms with Crippen molar-refractivity contribution in [3.05, 3.63) is 70.6 Å². The molecule has 0 N–H and O–H groups in total. The Balaban J connectivity index is 3.24. The summed E-state index contributed by atoms with van der Waals surface area (Å²) in [4.78, 5) is 0. The Morgan fingerprint density at radius 1 is 1.20 bits per heavy atom. The van der Waals surface area contributed by atoms with Gasteiger partial charge in [0.15, 0.2) is 0 Å². The van der Waals surface area contributed by atoms with Crippen molar-refractivity contribution in [2.45, 2.75) is 32.3 Å². The molecule has 0 radical (unpaired) electrons. The first kappa shape index (κ1) is 17.3. The molecule has 0 aliphatic carbocycles. The van der Waals surface area contributed by atoms with E-state index in [0.717, 1.165) is 34.0 Å². The van der Waals surface area contributed by atoms with Crippen molar-refractivity contribution in [3.8, 4) is 0 Å². The van der Waals surface area contributed by atoms with Crippen molar-refractivity contribution in [1.29, 1.82) is 0 Å². The van der Waals surface area contributed by atoms with Crippen LogP contribution in [0.2, 0.25) is 0 Å². The third kappa shape index (κ3) is 4.97. The van der Waals surface area contributed by atoms with Crippen LogP contribution in [0.4, 0.5) is 0 Å². The highest BCUT2D eigenvalue weighted by molar-refractivity contribution is 9.10. The molecule has 0 amide bonds. The van der Waals surface area contributed by atoms with Crippen LogP contribution in [-0.4, -0.2) is 0 Å². The smallest absolute Gasteiger partial charge is 0.116 e. The lowest BCUT2D eigenvalue weighted by molar-refractivity contribution is 0.0955. The van der Waals surface area contributed by atoms with Gasteiger partial charge in [-0.2, -0.15) is 0 Å². The molecule has 1 nitrogen and oxygen atoms in total. The van der Waals surface area contributed by atoms with Crippen LogP contribution in [0.15, 0.2) is 65.0 Å². The molecule has 108 valence electrons. The summed E-state index contributed by atoms with van der Waals surface area (Å²) in [5, 5.41) is 1.70. The van der Waals surface area contributed by atoms with Crippen LogP contribution >= 0.6 is 28.0 Å². The molecule has 1 aromatic carbocycles. The normalized spacial score (nSPS) is 11.2. The quantitative estimate of drug-likeness (QED) is 0.396. The highest BCUT2D eigenvalue weighted by Crippen LogP contribution is 2.41. The molecule has 1 rings (SSSR count). The average Bonchev–Trinajstić information content (AvgIpc) is 2.35. The van der Waals surface area contributed by atoms with Crippen molar-refractivity contribution in [1.82, 2.24) is 0 Å². The van der Waals surface area contributed by atoms with E-state index in [-0.39, 0.29) is 0 Å². The molecule has 0 aliphatic heterocycles. The van der Waals surface area contributed by atoms with Crippen LogP contribution in [0.1, 0.15) is 32.3 Å². The van der Waals surface area contributed by atoms with Gasteiger partial charge in [-0.05, 0) is 37.0 Å². The Bertz CT molecular complexity index is 474. The van der Waals surface area contributed by atoms with Gasteiger partial charge in [0.2, 0.25) is 0 Å². The fourth-order valence-electron chi connectivity index (χ4n) is 2.23. The number of rotatable bonds is 8. The summed E-state index contributed by atoms with van der Waals surface area (Å²) < 4.78 is 7.14. The Kier molecular flexibility index (Phi) is 6.80. The fourth-order valence-corrected chi connectivity index (χ4v) is 2.96. The SMILES string of the molecule is C=CSOC(CC(=C)C)(CC(=C)C)c1ccc(Br)cc1. The minimum Gasteiger partial charge on any atom is -0.299 e. The number of halogens is 1. The molecule has 0 heterocycles.